The molecule has 0 spiro atoms. The van der Waals surface area contributed by atoms with Crippen LogP contribution in [0.1, 0.15) is 5.69 Å². The molecule has 21 heavy (non-hydrogen) atoms. The van der Waals surface area contributed by atoms with E-state index in [1.165, 1.54) is 31.5 Å². The molecule has 8 heteroatoms. The highest BCUT2D eigenvalue weighted by Gasteiger charge is 2.15. The standard InChI is InChI=1S/C13H12N4O4/c1-20-9-5-4-8(17(18)19)7-11(9)21-10-3-2-6-16-12(10)13(14)15/h2-7H,1H3,(H3,14,15). The number of rotatable bonds is 5. The number of non-ortho nitro benzene ring substituents is 1. The fourth-order valence-corrected chi connectivity index (χ4v) is 1.65. The first kappa shape index (κ1) is 14.3. The summed E-state index contributed by atoms with van der Waals surface area (Å²) in [5, 5.41) is 18.3. The minimum absolute atomic E-state index is 0.140. The summed E-state index contributed by atoms with van der Waals surface area (Å²) < 4.78 is 10.7. The van der Waals surface area contributed by atoms with E-state index in [2.05, 4.69) is 4.98 Å². The van der Waals surface area contributed by atoms with Crippen LogP contribution in [-0.4, -0.2) is 22.9 Å². The fraction of sp³-hybridized carbons (Fsp3) is 0.0769. The first-order valence-electron chi connectivity index (χ1n) is 5.82. The van der Waals surface area contributed by atoms with Gasteiger partial charge in [0.25, 0.3) is 5.69 Å². The van der Waals surface area contributed by atoms with Gasteiger partial charge < -0.3 is 15.2 Å². The van der Waals surface area contributed by atoms with Crippen LogP contribution in [-0.2, 0) is 0 Å². The van der Waals surface area contributed by atoms with E-state index < -0.39 is 4.92 Å². The molecule has 0 saturated carbocycles. The first-order valence-corrected chi connectivity index (χ1v) is 5.82. The quantitative estimate of drug-likeness (QED) is 0.375. The van der Waals surface area contributed by atoms with Crippen molar-refractivity contribution in [2.45, 2.75) is 0 Å². The Hall–Kier alpha value is -3.16. The molecule has 0 unspecified atom stereocenters. The summed E-state index contributed by atoms with van der Waals surface area (Å²) in [5.41, 5.74) is 5.42. The van der Waals surface area contributed by atoms with Crippen molar-refractivity contribution in [1.82, 2.24) is 4.98 Å². The van der Waals surface area contributed by atoms with Gasteiger partial charge in [-0.3, -0.25) is 15.5 Å². The molecular weight excluding hydrogens is 276 g/mol. The Morgan fingerprint density at radius 3 is 2.71 bits per heavy atom. The van der Waals surface area contributed by atoms with Crippen LogP contribution in [0.3, 0.4) is 0 Å². The number of nitrogens with one attached hydrogen (secondary N) is 1. The average Bonchev–Trinajstić information content (AvgIpc) is 2.47. The second-order valence-corrected chi connectivity index (χ2v) is 3.96. The van der Waals surface area contributed by atoms with E-state index in [-0.39, 0.29) is 28.7 Å². The zero-order valence-corrected chi connectivity index (χ0v) is 11.1. The third-order valence-electron chi connectivity index (χ3n) is 2.60. The highest BCUT2D eigenvalue weighted by Crippen LogP contribution is 2.35. The highest BCUT2D eigenvalue weighted by molar-refractivity contribution is 5.95. The topological polar surface area (TPSA) is 124 Å². The van der Waals surface area contributed by atoms with E-state index >= 15 is 0 Å². The number of ether oxygens (including phenoxy) is 2. The maximum atomic E-state index is 10.8. The molecule has 0 aliphatic heterocycles. The van der Waals surface area contributed by atoms with Gasteiger partial charge in [-0.05, 0) is 18.2 Å². The molecule has 0 aliphatic rings. The smallest absolute Gasteiger partial charge is 0.273 e. The summed E-state index contributed by atoms with van der Waals surface area (Å²) in [7, 11) is 1.42. The van der Waals surface area contributed by atoms with E-state index in [1.807, 2.05) is 0 Å². The molecule has 1 aromatic carbocycles. The summed E-state index contributed by atoms with van der Waals surface area (Å²) in [4.78, 5) is 14.2. The summed E-state index contributed by atoms with van der Waals surface area (Å²) in [5.74, 6) is 0.403. The number of nitro groups is 1. The SMILES string of the molecule is COc1ccc([N+](=O)[O-])cc1Oc1cccnc1C(=N)N. The Labute approximate surface area is 119 Å². The number of hydrogen-bond donors (Lipinski definition) is 2. The Kier molecular flexibility index (Phi) is 3.98. The van der Waals surface area contributed by atoms with Gasteiger partial charge in [-0.2, -0.15) is 0 Å². The third kappa shape index (κ3) is 3.06. The lowest BCUT2D eigenvalue weighted by Gasteiger charge is -2.12. The van der Waals surface area contributed by atoms with E-state index in [4.69, 9.17) is 20.6 Å². The van der Waals surface area contributed by atoms with Gasteiger partial charge in [-0.25, -0.2) is 4.98 Å². The number of hydrogen-bond acceptors (Lipinski definition) is 6. The third-order valence-corrected chi connectivity index (χ3v) is 2.60. The predicted octanol–water partition coefficient (Wildman–Crippen LogP) is 2.07. The van der Waals surface area contributed by atoms with E-state index in [1.54, 1.807) is 12.1 Å². The van der Waals surface area contributed by atoms with Gasteiger partial charge in [0.15, 0.2) is 17.2 Å². The molecule has 0 amide bonds. The average molecular weight is 288 g/mol. The maximum absolute atomic E-state index is 10.8. The summed E-state index contributed by atoms with van der Waals surface area (Å²) in [6.45, 7) is 0. The van der Waals surface area contributed by atoms with E-state index in [9.17, 15) is 10.1 Å². The van der Waals surface area contributed by atoms with Gasteiger partial charge in [0.1, 0.15) is 11.5 Å². The largest absolute Gasteiger partial charge is 0.493 e. The van der Waals surface area contributed by atoms with Crippen LogP contribution >= 0.6 is 0 Å². The molecular formula is C13H12N4O4. The second kappa shape index (κ2) is 5.87. The van der Waals surface area contributed by atoms with Gasteiger partial charge in [0.2, 0.25) is 0 Å². The number of aromatic nitrogens is 1. The summed E-state index contributed by atoms with van der Waals surface area (Å²) in [6.07, 6.45) is 1.47. The Morgan fingerprint density at radius 2 is 2.10 bits per heavy atom. The second-order valence-electron chi connectivity index (χ2n) is 3.96. The zero-order chi connectivity index (χ0) is 15.4. The van der Waals surface area contributed by atoms with Crippen molar-refractivity contribution in [3.05, 3.63) is 52.3 Å². The van der Waals surface area contributed by atoms with Crippen LogP contribution in [0, 0.1) is 15.5 Å². The van der Waals surface area contributed by atoms with Crippen LogP contribution in [0.2, 0.25) is 0 Å². The predicted molar refractivity (Wildman–Crippen MR) is 75.0 cm³/mol. The zero-order valence-electron chi connectivity index (χ0n) is 11.1. The molecule has 1 aromatic heterocycles. The number of nitrogens with zero attached hydrogens (tertiary/aromatic N) is 2. The first-order chi connectivity index (χ1) is 10.0. The van der Waals surface area contributed by atoms with Crippen LogP contribution in [0.5, 0.6) is 17.2 Å². The molecule has 108 valence electrons. The molecule has 0 aliphatic carbocycles. The number of nitrogens with two attached hydrogens (primary N) is 1. The number of methoxy groups -OCH3 is 1. The normalized spacial score (nSPS) is 9.95. The lowest BCUT2D eigenvalue weighted by Crippen LogP contribution is -2.14. The van der Waals surface area contributed by atoms with Gasteiger partial charge in [0, 0.05) is 12.3 Å². The van der Waals surface area contributed by atoms with Crippen molar-refractivity contribution in [3.63, 3.8) is 0 Å². The number of nitrogen functional groups attached to an aromatic ring is 1. The molecule has 0 bridgehead atoms. The van der Waals surface area contributed by atoms with Crippen molar-refractivity contribution in [1.29, 1.82) is 5.41 Å². The highest BCUT2D eigenvalue weighted by atomic mass is 16.6. The lowest BCUT2D eigenvalue weighted by atomic mass is 10.2. The molecule has 2 aromatic rings. The minimum atomic E-state index is -0.540. The number of nitro benzene ring substituents is 1. The summed E-state index contributed by atoms with van der Waals surface area (Å²) >= 11 is 0. The van der Waals surface area contributed by atoms with Gasteiger partial charge in [-0.15, -0.1) is 0 Å². The van der Waals surface area contributed by atoms with Crippen molar-refractivity contribution in [2.24, 2.45) is 5.73 Å². The molecule has 0 saturated heterocycles. The number of pyridine rings is 1. The number of benzene rings is 1. The monoisotopic (exact) mass is 288 g/mol. The molecule has 0 atom stereocenters. The van der Waals surface area contributed by atoms with Gasteiger partial charge in [-0.1, -0.05) is 0 Å². The number of amidine groups is 1. The van der Waals surface area contributed by atoms with Crippen molar-refractivity contribution >= 4 is 11.5 Å². The van der Waals surface area contributed by atoms with Gasteiger partial charge >= 0.3 is 0 Å². The van der Waals surface area contributed by atoms with Crippen LogP contribution in [0.15, 0.2) is 36.5 Å². The maximum Gasteiger partial charge on any atom is 0.273 e. The van der Waals surface area contributed by atoms with Crippen molar-refractivity contribution in [3.8, 4) is 17.2 Å². The molecule has 8 nitrogen and oxygen atoms in total. The van der Waals surface area contributed by atoms with Crippen LogP contribution in [0.4, 0.5) is 5.69 Å². The molecule has 1 heterocycles. The Balaban J connectivity index is 2.45. The lowest BCUT2D eigenvalue weighted by molar-refractivity contribution is -0.384. The minimum Gasteiger partial charge on any atom is -0.493 e. The molecule has 3 N–H and O–H groups in total. The molecule has 0 radical (unpaired) electrons. The fourth-order valence-electron chi connectivity index (χ4n) is 1.65. The van der Waals surface area contributed by atoms with Crippen molar-refractivity contribution < 1.29 is 14.4 Å². The van der Waals surface area contributed by atoms with Crippen LogP contribution < -0.4 is 15.2 Å². The molecule has 0 fully saturated rings. The van der Waals surface area contributed by atoms with Crippen LogP contribution in [0.25, 0.3) is 0 Å². The van der Waals surface area contributed by atoms with E-state index in [0.29, 0.717) is 5.75 Å². The summed E-state index contributed by atoms with van der Waals surface area (Å²) in [6, 6.07) is 7.13. The van der Waals surface area contributed by atoms with E-state index in [0.717, 1.165) is 0 Å². The van der Waals surface area contributed by atoms with Gasteiger partial charge in [0.05, 0.1) is 18.1 Å². The van der Waals surface area contributed by atoms with Crippen molar-refractivity contribution in [2.75, 3.05) is 7.11 Å². The Bertz CT molecular complexity index is 702. The molecule has 2 rings (SSSR count). The Morgan fingerprint density at radius 1 is 1.33 bits per heavy atom.